The Labute approximate surface area is 138 Å². The number of carbonyl (C=O) groups excluding carboxylic acids is 2. The van der Waals surface area contributed by atoms with Crippen LogP contribution >= 0.6 is 11.6 Å². The largest absolute Gasteiger partial charge is 0.366 e. The molecule has 0 spiro atoms. The highest BCUT2D eigenvalue weighted by atomic mass is 35.5. The molecule has 4 N–H and O–H groups in total. The van der Waals surface area contributed by atoms with Crippen LogP contribution in [0.4, 0.5) is 10.5 Å². The highest BCUT2D eigenvalue weighted by Gasteiger charge is 2.00. The Bertz CT molecular complexity index is 776. The van der Waals surface area contributed by atoms with Crippen LogP contribution in [0.3, 0.4) is 0 Å². The predicted molar refractivity (Wildman–Crippen MR) is 90.3 cm³/mol. The van der Waals surface area contributed by atoms with E-state index in [9.17, 15) is 9.59 Å². The van der Waals surface area contributed by atoms with Gasteiger partial charge in [0.2, 0.25) is 5.91 Å². The summed E-state index contributed by atoms with van der Waals surface area (Å²) < 4.78 is 0. The SMILES string of the molecule is NC(=O)c1ccc(C#CCNC(=O)Nc2cccc(Cl)c2)cc1. The molecule has 0 aliphatic rings. The number of nitrogens with one attached hydrogen (secondary N) is 2. The van der Waals surface area contributed by atoms with E-state index in [1.54, 1.807) is 48.5 Å². The van der Waals surface area contributed by atoms with E-state index in [1.165, 1.54) is 0 Å². The van der Waals surface area contributed by atoms with E-state index in [0.29, 0.717) is 16.3 Å². The lowest BCUT2D eigenvalue weighted by atomic mass is 10.1. The van der Waals surface area contributed by atoms with E-state index in [4.69, 9.17) is 17.3 Å². The highest BCUT2D eigenvalue weighted by Crippen LogP contribution is 2.14. The van der Waals surface area contributed by atoms with Gasteiger partial charge in [0, 0.05) is 21.8 Å². The van der Waals surface area contributed by atoms with Crippen LogP contribution in [0.1, 0.15) is 15.9 Å². The minimum absolute atomic E-state index is 0.184. The first-order valence-electron chi connectivity index (χ1n) is 6.74. The van der Waals surface area contributed by atoms with Crippen molar-refractivity contribution in [3.05, 3.63) is 64.7 Å². The van der Waals surface area contributed by atoms with E-state index < -0.39 is 5.91 Å². The first-order valence-corrected chi connectivity index (χ1v) is 7.11. The van der Waals surface area contributed by atoms with Crippen LogP contribution in [0.2, 0.25) is 5.02 Å². The van der Waals surface area contributed by atoms with Crippen molar-refractivity contribution < 1.29 is 9.59 Å². The topological polar surface area (TPSA) is 84.2 Å². The molecule has 6 heteroatoms. The summed E-state index contributed by atoms with van der Waals surface area (Å²) in [5, 5.41) is 5.80. The molecular formula is C17H14ClN3O2. The average molecular weight is 328 g/mol. The summed E-state index contributed by atoms with van der Waals surface area (Å²) in [4.78, 5) is 22.6. The van der Waals surface area contributed by atoms with Gasteiger partial charge in [0.25, 0.3) is 0 Å². The molecule has 0 bridgehead atoms. The third-order valence-corrected chi connectivity index (χ3v) is 3.06. The lowest BCUT2D eigenvalue weighted by Gasteiger charge is -2.05. The fourth-order valence-electron chi connectivity index (χ4n) is 1.73. The smallest absolute Gasteiger partial charge is 0.319 e. The Hall–Kier alpha value is -2.97. The van der Waals surface area contributed by atoms with Crippen molar-refractivity contribution in [3.63, 3.8) is 0 Å². The van der Waals surface area contributed by atoms with Gasteiger partial charge in [0.1, 0.15) is 0 Å². The molecule has 116 valence electrons. The number of hydrogen-bond acceptors (Lipinski definition) is 2. The van der Waals surface area contributed by atoms with Gasteiger partial charge in [-0.25, -0.2) is 4.79 Å². The van der Waals surface area contributed by atoms with Gasteiger partial charge in [-0.1, -0.05) is 29.5 Å². The normalized spacial score (nSPS) is 9.43. The Balaban J connectivity index is 1.83. The summed E-state index contributed by atoms with van der Waals surface area (Å²) in [5.74, 6) is 5.21. The number of halogens is 1. The molecule has 23 heavy (non-hydrogen) atoms. The van der Waals surface area contributed by atoms with E-state index in [0.717, 1.165) is 5.56 Å². The van der Waals surface area contributed by atoms with Gasteiger partial charge in [0.15, 0.2) is 0 Å². The molecule has 0 heterocycles. The molecular weight excluding hydrogens is 314 g/mol. The number of amides is 3. The van der Waals surface area contributed by atoms with Crippen molar-refractivity contribution in [3.8, 4) is 11.8 Å². The molecule has 0 unspecified atom stereocenters. The van der Waals surface area contributed by atoms with Crippen LogP contribution in [0.25, 0.3) is 0 Å². The van der Waals surface area contributed by atoms with Crippen molar-refractivity contribution in [2.75, 3.05) is 11.9 Å². The zero-order chi connectivity index (χ0) is 16.7. The van der Waals surface area contributed by atoms with Gasteiger partial charge in [-0.2, -0.15) is 0 Å². The molecule has 0 aromatic heterocycles. The zero-order valence-corrected chi connectivity index (χ0v) is 12.9. The van der Waals surface area contributed by atoms with Crippen LogP contribution in [0.5, 0.6) is 0 Å². The first-order chi connectivity index (χ1) is 11.0. The second-order valence-electron chi connectivity index (χ2n) is 4.56. The second-order valence-corrected chi connectivity index (χ2v) is 5.00. The van der Waals surface area contributed by atoms with Crippen molar-refractivity contribution in [2.45, 2.75) is 0 Å². The van der Waals surface area contributed by atoms with Crippen molar-refractivity contribution >= 4 is 29.2 Å². The third kappa shape index (κ3) is 5.38. The number of benzene rings is 2. The van der Waals surface area contributed by atoms with Gasteiger partial charge in [0.05, 0.1) is 6.54 Å². The number of urea groups is 1. The molecule has 5 nitrogen and oxygen atoms in total. The molecule has 3 amide bonds. The van der Waals surface area contributed by atoms with Gasteiger partial charge in [-0.3, -0.25) is 4.79 Å². The second kappa shape index (κ2) is 7.87. The van der Waals surface area contributed by atoms with Crippen LogP contribution in [0.15, 0.2) is 48.5 Å². The minimum Gasteiger partial charge on any atom is -0.366 e. The summed E-state index contributed by atoms with van der Waals surface area (Å²) in [7, 11) is 0. The van der Waals surface area contributed by atoms with Gasteiger partial charge in [-0.05, 0) is 42.5 Å². The molecule has 2 rings (SSSR count). The molecule has 0 saturated heterocycles. The summed E-state index contributed by atoms with van der Waals surface area (Å²) in [6.45, 7) is 0.184. The van der Waals surface area contributed by atoms with E-state index >= 15 is 0 Å². The maximum absolute atomic E-state index is 11.7. The number of hydrogen-bond donors (Lipinski definition) is 3. The predicted octanol–water partition coefficient (Wildman–Crippen LogP) is 2.61. The standard InChI is InChI=1S/C17H14ClN3O2/c18-14-4-1-5-15(11-14)21-17(23)20-10-2-3-12-6-8-13(9-7-12)16(19)22/h1,4-9,11H,10H2,(H2,19,22)(H2,20,21,23). The first kappa shape index (κ1) is 16.4. The molecule has 0 fully saturated rings. The molecule has 0 saturated carbocycles. The number of anilines is 1. The monoisotopic (exact) mass is 327 g/mol. The van der Waals surface area contributed by atoms with Gasteiger partial charge >= 0.3 is 6.03 Å². The summed E-state index contributed by atoms with van der Waals surface area (Å²) in [6, 6.07) is 13.1. The number of carbonyl (C=O) groups is 2. The number of nitrogens with two attached hydrogens (primary N) is 1. The van der Waals surface area contributed by atoms with Gasteiger partial charge in [-0.15, -0.1) is 0 Å². The average Bonchev–Trinajstić information content (AvgIpc) is 2.52. The highest BCUT2D eigenvalue weighted by molar-refractivity contribution is 6.30. The molecule has 2 aromatic carbocycles. The third-order valence-electron chi connectivity index (χ3n) is 2.82. The van der Waals surface area contributed by atoms with Crippen LogP contribution in [0, 0.1) is 11.8 Å². The van der Waals surface area contributed by atoms with Crippen molar-refractivity contribution in [1.82, 2.24) is 5.32 Å². The summed E-state index contributed by atoms with van der Waals surface area (Å²) >= 11 is 5.83. The number of rotatable bonds is 3. The summed E-state index contributed by atoms with van der Waals surface area (Å²) in [5.41, 5.74) is 6.91. The Morgan fingerprint density at radius 1 is 1.13 bits per heavy atom. The van der Waals surface area contributed by atoms with E-state index in [1.807, 2.05) is 0 Å². The van der Waals surface area contributed by atoms with E-state index in [-0.39, 0.29) is 12.6 Å². The van der Waals surface area contributed by atoms with Crippen LogP contribution in [-0.2, 0) is 0 Å². The zero-order valence-electron chi connectivity index (χ0n) is 12.1. The van der Waals surface area contributed by atoms with Gasteiger partial charge < -0.3 is 16.4 Å². The van der Waals surface area contributed by atoms with Crippen molar-refractivity contribution in [2.24, 2.45) is 5.73 Å². The van der Waals surface area contributed by atoms with Crippen molar-refractivity contribution in [1.29, 1.82) is 0 Å². The van der Waals surface area contributed by atoms with Crippen LogP contribution < -0.4 is 16.4 Å². The fourth-order valence-corrected chi connectivity index (χ4v) is 1.92. The maximum Gasteiger partial charge on any atom is 0.319 e. The lowest BCUT2D eigenvalue weighted by molar-refractivity contribution is 0.100. The molecule has 0 atom stereocenters. The molecule has 0 radical (unpaired) electrons. The number of primary amides is 1. The molecule has 0 aliphatic heterocycles. The Morgan fingerprint density at radius 2 is 1.87 bits per heavy atom. The Kier molecular flexibility index (Phi) is 5.61. The molecule has 2 aromatic rings. The van der Waals surface area contributed by atoms with E-state index in [2.05, 4.69) is 22.5 Å². The lowest BCUT2D eigenvalue weighted by Crippen LogP contribution is -2.28. The maximum atomic E-state index is 11.7. The minimum atomic E-state index is -0.483. The summed E-state index contributed by atoms with van der Waals surface area (Å²) in [6.07, 6.45) is 0. The quantitative estimate of drug-likeness (QED) is 0.757. The Morgan fingerprint density at radius 3 is 2.52 bits per heavy atom. The molecule has 0 aliphatic carbocycles. The fraction of sp³-hybridized carbons (Fsp3) is 0.0588. The van der Waals surface area contributed by atoms with Crippen LogP contribution in [-0.4, -0.2) is 18.5 Å².